The maximum absolute atomic E-state index is 13.1. The summed E-state index contributed by atoms with van der Waals surface area (Å²) in [6.07, 6.45) is 2.21. The van der Waals surface area contributed by atoms with Gasteiger partial charge in [-0.25, -0.2) is 9.69 Å². The zero-order valence-corrected chi connectivity index (χ0v) is 15.3. The molecule has 5 nitrogen and oxygen atoms in total. The van der Waals surface area contributed by atoms with Crippen molar-refractivity contribution in [3.63, 3.8) is 0 Å². The minimum Gasteiger partial charge on any atom is -0.273 e. The van der Waals surface area contributed by atoms with Crippen LogP contribution in [0.2, 0.25) is 0 Å². The summed E-state index contributed by atoms with van der Waals surface area (Å²) in [7, 11) is 0. The van der Waals surface area contributed by atoms with E-state index in [0.717, 1.165) is 26.8 Å². The molecule has 0 saturated carbocycles. The van der Waals surface area contributed by atoms with Crippen molar-refractivity contribution in [1.29, 1.82) is 0 Å². The van der Waals surface area contributed by atoms with Gasteiger partial charge in [-0.1, -0.05) is 67.6 Å². The predicted octanol–water partition coefficient (Wildman–Crippen LogP) is 4.07. The highest BCUT2D eigenvalue weighted by molar-refractivity contribution is 6.39. The zero-order chi connectivity index (χ0) is 19.7. The lowest BCUT2D eigenvalue weighted by molar-refractivity contribution is -0.122. The molecule has 0 aromatic heterocycles. The van der Waals surface area contributed by atoms with Crippen LogP contribution in [0.4, 0.5) is 10.5 Å². The number of urea groups is 1. The number of benzene rings is 3. The lowest BCUT2D eigenvalue weighted by atomic mass is 10.0. The van der Waals surface area contributed by atoms with Crippen LogP contribution in [0.25, 0.3) is 16.8 Å². The van der Waals surface area contributed by atoms with E-state index in [-0.39, 0.29) is 5.57 Å². The summed E-state index contributed by atoms with van der Waals surface area (Å²) >= 11 is 0. The van der Waals surface area contributed by atoms with Gasteiger partial charge in [0.1, 0.15) is 5.57 Å². The SMILES string of the molecule is CCc1ccccc1N1C(=O)NC(=O)/C(=C/c2cccc3ccccc23)C1=O. The number of fused-ring (bicyclic) bond motifs is 1. The van der Waals surface area contributed by atoms with E-state index in [2.05, 4.69) is 5.32 Å². The molecule has 4 amide bonds. The minimum atomic E-state index is -0.731. The molecule has 138 valence electrons. The summed E-state index contributed by atoms with van der Waals surface area (Å²) in [6.45, 7) is 1.95. The Kier molecular flexibility index (Phi) is 4.49. The number of amides is 4. The van der Waals surface area contributed by atoms with Gasteiger partial charge in [0.25, 0.3) is 11.8 Å². The molecule has 1 aliphatic rings. The number of anilines is 1. The quantitative estimate of drug-likeness (QED) is 0.558. The van der Waals surface area contributed by atoms with Gasteiger partial charge in [-0.15, -0.1) is 0 Å². The Balaban J connectivity index is 1.83. The molecule has 0 aliphatic carbocycles. The van der Waals surface area contributed by atoms with Crippen molar-refractivity contribution in [2.45, 2.75) is 13.3 Å². The van der Waals surface area contributed by atoms with E-state index in [4.69, 9.17) is 0 Å². The van der Waals surface area contributed by atoms with E-state index < -0.39 is 17.8 Å². The van der Waals surface area contributed by atoms with E-state index in [9.17, 15) is 14.4 Å². The molecule has 4 rings (SSSR count). The average Bonchev–Trinajstić information content (AvgIpc) is 2.71. The molecule has 0 spiro atoms. The average molecular weight is 370 g/mol. The molecule has 1 fully saturated rings. The van der Waals surface area contributed by atoms with Crippen LogP contribution in [0, 0.1) is 0 Å². The van der Waals surface area contributed by atoms with E-state index in [0.29, 0.717) is 12.1 Å². The Bertz CT molecular complexity index is 1140. The summed E-state index contributed by atoms with van der Waals surface area (Å²) in [6, 6.07) is 19.9. The second-order valence-corrected chi connectivity index (χ2v) is 6.51. The third-order valence-corrected chi connectivity index (χ3v) is 4.84. The first-order valence-corrected chi connectivity index (χ1v) is 9.07. The van der Waals surface area contributed by atoms with Crippen molar-refractivity contribution in [3.8, 4) is 0 Å². The first-order chi connectivity index (χ1) is 13.6. The number of nitrogens with zero attached hydrogens (tertiary/aromatic N) is 1. The summed E-state index contributed by atoms with van der Waals surface area (Å²) in [5, 5.41) is 4.22. The van der Waals surface area contributed by atoms with Crippen LogP contribution in [0.5, 0.6) is 0 Å². The third kappa shape index (κ3) is 2.97. The number of rotatable bonds is 3. The highest BCUT2D eigenvalue weighted by Gasteiger charge is 2.37. The maximum atomic E-state index is 13.1. The van der Waals surface area contributed by atoms with Gasteiger partial charge in [-0.3, -0.25) is 14.9 Å². The molecule has 3 aromatic carbocycles. The Morgan fingerprint density at radius 1 is 0.893 bits per heavy atom. The Morgan fingerprint density at radius 2 is 1.61 bits per heavy atom. The van der Waals surface area contributed by atoms with Crippen LogP contribution in [0.15, 0.2) is 72.3 Å². The molecule has 1 saturated heterocycles. The van der Waals surface area contributed by atoms with Crippen LogP contribution in [0.3, 0.4) is 0 Å². The molecule has 0 atom stereocenters. The number of para-hydroxylation sites is 1. The number of aryl methyl sites for hydroxylation is 1. The number of imide groups is 2. The second-order valence-electron chi connectivity index (χ2n) is 6.51. The van der Waals surface area contributed by atoms with Crippen LogP contribution in [0.1, 0.15) is 18.1 Å². The predicted molar refractivity (Wildman–Crippen MR) is 109 cm³/mol. The molecule has 1 aliphatic heterocycles. The van der Waals surface area contributed by atoms with Gasteiger partial charge in [0.05, 0.1) is 5.69 Å². The fourth-order valence-corrected chi connectivity index (χ4v) is 3.44. The number of hydrogen-bond donors (Lipinski definition) is 1. The monoisotopic (exact) mass is 370 g/mol. The topological polar surface area (TPSA) is 66.5 Å². The first-order valence-electron chi connectivity index (χ1n) is 9.07. The van der Waals surface area contributed by atoms with Gasteiger partial charge in [0, 0.05) is 0 Å². The molecule has 1 heterocycles. The lowest BCUT2D eigenvalue weighted by Gasteiger charge is -2.28. The van der Waals surface area contributed by atoms with Gasteiger partial charge in [-0.2, -0.15) is 0 Å². The molecule has 0 bridgehead atoms. The number of carbonyl (C=O) groups excluding carboxylic acids is 3. The number of hydrogen-bond acceptors (Lipinski definition) is 3. The molecule has 5 heteroatoms. The van der Waals surface area contributed by atoms with E-state index in [1.54, 1.807) is 18.2 Å². The summed E-state index contributed by atoms with van der Waals surface area (Å²) < 4.78 is 0. The Labute approximate surface area is 162 Å². The normalized spacial score (nSPS) is 16.0. The van der Waals surface area contributed by atoms with Crippen molar-refractivity contribution in [3.05, 3.63) is 83.4 Å². The van der Waals surface area contributed by atoms with Gasteiger partial charge in [-0.05, 0) is 40.5 Å². The highest BCUT2D eigenvalue weighted by atomic mass is 16.2. The smallest absolute Gasteiger partial charge is 0.273 e. The summed E-state index contributed by atoms with van der Waals surface area (Å²) in [5.41, 5.74) is 2.02. The fourth-order valence-electron chi connectivity index (χ4n) is 3.44. The number of barbiturate groups is 1. The molecule has 3 aromatic rings. The third-order valence-electron chi connectivity index (χ3n) is 4.84. The summed E-state index contributed by atoms with van der Waals surface area (Å²) in [4.78, 5) is 39.0. The molecular formula is C23H18N2O3. The van der Waals surface area contributed by atoms with E-state index >= 15 is 0 Å². The molecule has 28 heavy (non-hydrogen) atoms. The van der Waals surface area contributed by atoms with Crippen molar-refractivity contribution >= 4 is 40.4 Å². The first kappa shape index (κ1) is 17.7. The summed E-state index contributed by atoms with van der Waals surface area (Å²) in [5.74, 6) is -1.31. The number of carbonyl (C=O) groups is 3. The molecular weight excluding hydrogens is 352 g/mol. The van der Waals surface area contributed by atoms with Gasteiger partial charge in [0.2, 0.25) is 0 Å². The van der Waals surface area contributed by atoms with E-state index in [1.165, 1.54) is 0 Å². The van der Waals surface area contributed by atoms with Gasteiger partial charge < -0.3 is 0 Å². The van der Waals surface area contributed by atoms with Crippen molar-refractivity contribution < 1.29 is 14.4 Å². The minimum absolute atomic E-state index is 0.0677. The van der Waals surface area contributed by atoms with Gasteiger partial charge in [0.15, 0.2) is 0 Å². The number of nitrogens with one attached hydrogen (secondary N) is 1. The van der Waals surface area contributed by atoms with Crippen LogP contribution < -0.4 is 10.2 Å². The van der Waals surface area contributed by atoms with Gasteiger partial charge >= 0.3 is 6.03 Å². The Morgan fingerprint density at radius 3 is 2.43 bits per heavy atom. The zero-order valence-electron chi connectivity index (χ0n) is 15.3. The van der Waals surface area contributed by atoms with Crippen molar-refractivity contribution in [2.24, 2.45) is 0 Å². The molecule has 0 unspecified atom stereocenters. The van der Waals surface area contributed by atoms with Crippen LogP contribution >= 0.6 is 0 Å². The Hall–Kier alpha value is -3.73. The maximum Gasteiger partial charge on any atom is 0.335 e. The standard InChI is InChI=1S/C23H18N2O3/c1-2-15-8-4-6-13-20(15)25-22(27)19(21(26)24-23(25)28)14-17-11-7-10-16-9-3-5-12-18(16)17/h3-14H,2H2,1H3,(H,24,26,28)/b19-14-. The lowest BCUT2D eigenvalue weighted by Crippen LogP contribution is -2.54. The fraction of sp³-hybridized carbons (Fsp3) is 0.0870. The van der Waals surface area contributed by atoms with Crippen LogP contribution in [-0.4, -0.2) is 17.8 Å². The van der Waals surface area contributed by atoms with Crippen molar-refractivity contribution in [2.75, 3.05) is 4.90 Å². The van der Waals surface area contributed by atoms with Crippen LogP contribution in [-0.2, 0) is 16.0 Å². The molecule has 1 N–H and O–H groups in total. The highest BCUT2D eigenvalue weighted by Crippen LogP contribution is 2.27. The van der Waals surface area contributed by atoms with E-state index in [1.807, 2.05) is 61.5 Å². The second kappa shape index (κ2) is 7.12. The largest absolute Gasteiger partial charge is 0.335 e. The molecule has 0 radical (unpaired) electrons. The van der Waals surface area contributed by atoms with Crippen molar-refractivity contribution in [1.82, 2.24) is 5.32 Å².